The zero-order chi connectivity index (χ0) is 20.6. The molecule has 4 heteroatoms. The number of rotatable bonds is 7. The van der Waals surface area contributed by atoms with Crippen molar-refractivity contribution in [2.45, 2.75) is 19.0 Å². The van der Waals surface area contributed by atoms with Crippen LogP contribution in [0.1, 0.15) is 33.1 Å². The van der Waals surface area contributed by atoms with Crippen LogP contribution < -0.4 is 5.32 Å². The molecule has 0 aromatic heterocycles. The minimum atomic E-state index is -0.0749. The lowest BCUT2D eigenvalue weighted by molar-refractivity contribution is 0.0342. The summed E-state index contributed by atoms with van der Waals surface area (Å²) in [7, 11) is 0. The van der Waals surface area contributed by atoms with Crippen LogP contribution in [-0.4, -0.2) is 37.1 Å². The van der Waals surface area contributed by atoms with E-state index in [4.69, 9.17) is 4.74 Å². The van der Waals surface area contributed by atoms with Gasteiger partial charge >= 0.3 is 0 Å². The second kappa shape index (κ2) is 10.2. The normalized spacial score (nSPS) is 15.5. The fourth-order valence-electron chi connectivity index (χ4n) is 3.81. The Kier molecular flexibility index (Phi) is 6.91. The molecule has 0 spiro atoms. The van der Waals surface area contributed by atoms with Crippen molar-refractivity contribution in [2.24, 2.45) is 0 Å². The third kappa shape index (κ3) is 5.56. The van der Waals surface area contributed by atoms with Crippen LogP contribution in [0.2, 0.25) is 0 Å². The van der Waals surface area contributed by atoms with Gasteiger partial charge in [-0.3, -0.25) is 9.69 Å². The van der Waals surface area contributed by atoms with Crippen LogP contribution in [0.5, 0.6) is 0 Å². The molecule has 0 aliphatic carbocycles. The van der Waals surface area contributed by atoms with Crippen molar-refractivity contribution in [3.8, 4) is 0 Å². The van der Waals surface area contributed by atoms with Crippen LogP contribution in [0.3, 0.4) is 0 Å². The summed E-state index contributed by atoms with van der Waals surface area (Å²) in [6, 6.07) is 28.3. The summed E-state index contributed by atoms with van der Waals surface area (Å²) in [5.74, 6) is -0.0438. The molecule has 0 radical (unpaired) electrons. The van der Waals surface area contributed by atoms with E-state index < -0.39 is 0 Å². The van der Waals surface area contributed by atoms with Gasteiger partial charge in [-0.15, -0.1) is 0 Å². The maximum absolute atomic E-state index is 13.0. The summed E-state index contributed by atoms with van der Waals surface area (Å²) in [5.41, 5.74) is 4.22. The first-order valence-corrected chi connectivity index (χ1v) is 10.6. The molecule has 1 atom stereocenters. The molecule has 1 N–H and O–H groups in total. The van der Waals surface area contributed by atoms with Gasteiger partial charge in [0.1, 0.15) is 0 Å². The molecule has 3 aromatic rings. The zero-order valence-electron chi connectivity index (χ0n) is 17.2. The van der Waals surface area contributed by atoms with Gasteiger partial charge in [-0.25, -0.2) is 0 Å². The molecule has 1 amide bonds. The quantitative estimate of drug-likeness (QED) is 0.645. The van der Waals surface area contributed by atoms with Gasteiger partial charge in [-0.05, 0) is 35.2 Å². The van der Waals surface area contributed by atoms with Crippen LogP contribution in [0, 0.1) is 0 Å². The topological polar surface area (TPSA) is 41.6 Å². The Bertz CT molecular complexity index is 920. The Labute approximate surface area is 178 Å². The first-order chi connectivity index (χ1) is 14.8. The summed E-state index contributed by atoms with van der Waals surface area (Å²) < 4.78 is 5.41. The van der Waals surface area contributed by atoms with Crippen molar-refractivity contribution in [3.63, 3.8) is 0 Å². The molecular weight excluding hydrogens is 372 g/mol. The van der Waals surface area contributed by atoms with Gasteiger partial charge < -0.3 is 10.1 Å². The zero-order valence-corrected chi connectivity index (χ0v) is 17.2. The van der Waals surface area contributed by atoms with Crippen LogP contribution in [0.25, 0.3) is 0 Å². The van der Waals surface area contributed by atoms with E-state index in [2.05, 4.69) is 46.6 Å². The molecule has 1 saturated heterocycles. The van der Waals surface area contributed by atoms with E-state index in [1.54, 1.807) is 0 Å². The standard InChI is InChI=1S/C26H28N2O2/c29-26(24-13-11-22(12-14-24)20-28-15-17-30-18-16-28)27-25(23-9-5-2-6-10-23)19-21-7-3-1-4-8-21/h1-14,25H,15-20H2,(H,27,29)/t25-/m0/s1. The van der Waals surface area contributed by atoms with Gasteiger partial charge in [0.15, 0.2) is 0 Å². The van der Waals surface area contributed by atoms with Gasteiger partial charge in [0.2, 0.25) is 0 Å². The Balaban J connectivity index is 1.44. The number of amides is 1. The number of hydrogen-bond donors (Lipinski definition) is 1. The largest absolute Gasteiger partial charge is 0.379 e. The highest BCUT2D eigenvalue weighted by Gasteiger charge is 2.17. The van der Waals surface area contributed by atoms with Crippen molar-refractivity contribution < 1.29 is 9.53 Å². The summed E-state index contributed by atoms with van der Waals surface area (Å²) in [5, 5.41) is 3.23. The first kappa shape index (κ1) is 20.3. The predicted octanol–water partition coefficient (Wildman–Crippen LogP) is 4.23. The lowest BCUT2D eigenvalue weighted by atomic mass is 9.98. The summed E-state index contributed by atoms with van der Waals surface area (Å²) in [6.07, 6.45) is 0.756. The Morgan fingerprint density at radius 1 is 0.833 bits per heavy atom. The number of nitrogens with zero attached hydrogens (tertiary/aromatic N) is 1. The molecule has 1 heterocycles. The number of carbonyl (C=O) groups is 1. The highest BCUT2D eigenvalue weighted by molar-refractivity contribution is 5.94. The number of hydrogen-bond acceptors (Lipinski definition) is 3. The SMILES string of the molecule is O=C(N[C@@H](Cc1ccccc1)c1ccccc1)c1ccc(CN2CCOCC2)cc1. The van der Waals surface area contributed by atoms with Crippen LogP contribution in [0.15, 0.2) is 84.9 Å². The maximum Gasteiger partial charge on any atom is 0.251 e. The molecule has 30 heavy (non-hydrogen) atoms. The van der Waals surface area contributed by atoms with E-state index in [0.29, 0.717) is 5.56 Å². The number of nitrogens with one attached hydrogen (secondary N) is 1. The van der Waals surface area contributed by atoms with Crippen LogP contribution in [-0.2, 0) is 17.7 Å². The van der Waals surface area contributed by atoms with Gasteiger partial charge in [-0.1, -0.05) is 72.8 Å². The molecule has 3 aromatic carbocycles. The predicted molar refractivity (Wildman–Crippen MR) is 119 cm³/mol. The molecule has 1 fully saturated rings. The maximum atomic E-state index is 13.0. The highest BCUT2D eigenvalue weighted by Crippen LogP contribution is 2.19. The van der Waals surface area contributed by atoms with E-state index in [-0.39, 0.29) is 11.9 Å². The lowest BCUT2D eigenvalue weighted by Gasteiger charge is -2.26. The molecule has 154 valence electrons. The minimum absolute atomic E-state index is 0.0438. The van der Waals surface area contributed by atoms with E-state index in [0.717, 1.165) is 44.8 Å². The van der Waals surface area contributed by atoms with Gasteiger partial charge in [0.25, 0.3) is 5.91 Å². The van der Waals surface area contributed by atoms with Crippen molar-refractivity contribution >= 4 is 5.91 Å². The van der Waals surface area contributed by atoms with Gasteiger partial charge in [0.05, 0.1) is 19.3 Å². The van der Waals surface area contributed by atoms with E-state index in [1.807, 2.05) is 48.5 Å². The fourth-order valence-corrected chi connectivity index (χ4v) is 3.81. The second-order valence-corrected chi connectivity index (χ2v) is 7.71. The number of carbonyl (C=O) groups excluding carboxylic acids is 1. The molecular formula is C26H28N2O2. The van der Waals surface area contributed by atoms with Crippen LogP contribution >= 0.6 is 0 Å². The Hall–Kier alpha value is -2.95. The number of morpholine rings is 1. The molecule has 0 saturated carbocycles. The molecule has 1 aliphatic heterocycles. The first-order valence-electron chi connectivity index (χ1n) is 10.6. The third-order valence-corrected chi connectivity index (χ3v) is 5.52. The lowest BCUT2D eigenvalue weighted by Crippen LogP contribution is -2.35. The van der Waals surface area contributed by atoms with E-state index in [9.17, 15) is 4.79 Å². The molecule has 0 unspecified atom stereocenters. The average molecular weight is 401 g/mol. The number of ether oxygens (including phenoxy) is 1. The Morgan fingerprint density at radius 3 is 2.13 bits per heavy atom. The highest BCUT2D eigenvalue weighted by atomic mass is 16.5. The average Bonchev–Trinajstić information content (AvgIpc) is 2.81. The van der Waals surface area contributed by atoms with Crippen molar-refractivity contribution in [1.29, 1.82) is 0 Å². The smallest absolute Gasteiger partial charge is 0.251 e. The number of benzene rings is 3. The fraction of sp³-hybridized carbons (Fsp3) is 0.269. The summed E-state index contributed by atoms with van der Waals surface area (Å²) in [4.78, 5) is 15.4. The van der Waals surface area contributed by atoms with Gasteiger partial charge in [-0.2, -0.15) is 0 Å². The molecule has 0 bridgehead atoms. The molecule has 4 nitrogen and oxygen atoms in total. The van der Waals surface area contributed by atoms with E-state index >= 15 is 0 Å². The van der Waals surface area contributed by atoms with E-state index in [1.165, 1.54) is 11.1 Å². The Morgan fingerprint density at radius 2 is 1.47 bits per heavy atom. The third-order valence-electron chi connectivity index (χ3n) is 5.52. The van der Waals surface area contributed by atoms with Crippen molar-refractivity contribution in [1.82, 2.24) is 10.2 Å². The summed E-state index contributed by atoms with van der Waals surface area (Å²) >= 11 is 0. The van der Waals surface area contributed by atoms with Crippen molar-refractivity contribution in [3.05, 3.63) is 107 Å². The monoisotopic (exact) mass is 400 g/mol. The molecule has 4 rings (SSSR count). The minimum Gasteiger partial charge on any atom is -0.379 e. The van der Waals surface area contributed by atoms with Gasteiger partial charge in [0, 0.05) is 25.2 Å². The van der Waals surface area contributed by atoms with Crippen LogP contribution in [0.4, 0.5) is 0 Å². The second-order valence-electron chi connectivity index (χ2n) is 7.71. The molecule has 1 aliphatic rings. The van der Waals surface area contributed by atoms with Crippen molar-refractivity contribution in [2.75, 3.05) is 26.3 Å². The summed E-state index contributed by atoms with van der Waals surface area (Å²) in [6.45, 7) is 4.40.